The molecule has 0 N–H and O–H groups in total. The highest BCUT2D eigenvalue weighted by Gasteiger charge is 2.53. The average Bonchev–Trinajstić information content (AvgIpc) is 2.14. The van der Waals surface area contributed by atoms with Gasteiger partial charge >= 0.3 is 0 Å². The first-order chi connectivity index (χ1) is 7.69. The number of amides is 1. The van der Waals surface area contributed by atoms with E-state index >= 15 is 0 Å². The highest BCUT2D eigenvalue weighted by molar-refractivity contribution is 5.74. The standard InChI is InChI=1S/C14H17NO/c1-11(16)15-9-14(10-15)7-13(8-14)12-5-3-2-4-6-12/h2-6,13H,7-10H2,1H3. The van der Waals surface area contributed by atoms with Gasteiger partial charge in [-0.15, -0.1) is 0 Å². The number of hydrogen-bond acceptors (Lipinski definition) is 1. The van der Waals surface area contributed by atoms with Crippen LogP contribution >= 0.6 is 0 Å². The predicted octanol–water partition coefficient (Wildman–Crippen LogP) is 2.41. The molecule has 2 heteroatoms. The van der Waals surface area contributed by atoms with Crippen LogP contribution in [0.1, 0.15) is 31.2 Å². The van der Waals surface area contributed by atoms with Gasteiger partial charge in [0.05, 0.1) is 0 Å². The van der Waals surface area contributed by atoms with Gasteiger partial charge in [-0.05, 0) is 24.3 Å². The Morgan fingerprint density at radius 3 is 2.44 bits per heavy atom. The molecule has 0 atom stereocenters. The fourth-order valence-corrected chi connectivity index (χ4v) is 3.19. The van der Waals surface area contributed by atoms with Crippen molar-refractivity contribution in [1.82, 2.24) is 4.90 Å². The zero-order chi connectivity index (χ0) is 11.2. The number of rotatable bonds is 1. The highest BCUT2D eigenvalue weighted by Crippen LogP contribution is 2.55. The summed E-state index contributed by atoms with van der Waals surface area (Å²) in [4.78, 5) is 13.1. The molecule has 1 saturated heterocycles. The lowest BCUT2D eigenvalue weighted by atomic mass is 9.56. The third-order valence-electron chi connectivity index (χ3n) is 4.13. The lowest BCUT2D eigenvalue weighted by Crippen LogP contribution is -2.62. The zero-order valence-electron chi connectivity index (χ0n) is 9.65. The third-order valence-corrected chi connectivity index (χ3v) is 4.13. The Hall–Kier alpha value is -1.31. The molecule has 0 bridgehead atoms. The van der Waals surface area contributed by atoms with Gasteiger partial charge in [0.1, 0.15) is 0 Å². The molecule has 2 aliphatic rings. The van der Waals surface area contributed by atoms with Gasteiger partial charge in [-0.2, -0.15) is 0 Å². The van der Waals surface area contributed by atoms with Crippen LogP contribution in [0.5, 0.6) is 0 Å². The van der Waals surface area contributed by atoms with Crippen LogP contribution in [0.4, 0.5) is 0 Å². The normalized spacial score (nSPS) is 22.7. The van der Waals surface area contributed by atoms with E-state index in [2.05, 4.69) is 30.3 Å². The summed E-state index contributed by atoms with van der Waals surface area (Å²) in [5.74, 6) is 0.962. The second-order valence-corrected chi connectivity index (χ2v) is 5.39. The van der Waals surface area contributed by atoms with E-state index in [1.54, 1.807) is 6.92 Å². The van der Waals surface area contributed by atoms with Crippen molar-refractivity contribution in [2.45, 2.75) is 25.7 Å². The van der Waals surface area contributed by atoms with E-state index in [4.69, 9.17) is 0 Å². The maximum absolute atomic E-state index is 11.1. The number of benzene rings is 1. The summed E-state index contributed by atoms with van der Waals surface area (Å²) < 4.78 is 0. The van der Waals surface area contributed by atoms with Crippen LogP contribution in [0.3, 0.4) is 0 Å². The fourth-order valence-electron chi connectivity index (χ4n) is 3.19. The average molecular weight is 215 g/mol. The van der Waals surface area contributed by atoms with Crippen molar-refractivity contribution in [2.24, 2.45) is 5.41 Å². The topological polar surface area (TPSA) is 20.3 Å². The Labute approximate surface area is 96.3 Å². The van der Waals surface area contributed by atoms with Gasteiger partial charge in [0.15, 0.2) is 0 Å². The molecule has 0 unspecified atom stereocenters. The maximum atomic E-state index is 11.1. The van der Waals surface area contributed by atoms with Crippen molar-refractivity contribution in [3.05, 3.63) is 35.9 Å². The quantitative estimate of drug-likeness (QED) is 0.704. The maximum Gasteiger partial charge on any atom is 0.219 e. The van der Waals surface area contributed by atoms with E-state index in [0.717, 1.165) is 19.0 Å². The summed E-state index contributed by atoms with van der Waals surface area (Å²) in [7, 11) is 0. The molecule has 0 radical (unpaired) electrons. The second kappa shape index (κ2) is 3.34. The molecule has 1 aliphatic carbocycles. The Bertz CT molecular complexity index is 398. The molecule has 1 amide bonds. The number of hydrogen-bond donors (Lipinski definition) is 0. The molecule has 0 aromatic heterocycles. The van der Waals surface area contributed by atoms with Gasteiger partial charge in [0.25, 0.3) is 0 Å². The van der Waals surface area contributed by atoms with Crippen molar-refractivity contribution >= 4 is 5.91 Å². The minimum absolute atomic E-state index is 0.230. The molecule has 2 fully saturated rings. The monoisotopic (exact) mass is 215 g/mol. The van der Waals surface area contributed by atoms with Gasteiger partial charge in [-0.1, -0.05) is 30.3 Å². The van der Waals surface area contributed by atoms with Gasteiger partial charge in [-0.25, -0.2) is 0 Å². The smallest absolute Gasteiger partial charge is 0.219 e. The van der Waals surface area contributed by atoms with E-state index in [1.165, 1.54) is 18.4 Å². The largest absolute Gasteiger partial charge is 0.342 e. The van der Waals surface area contributed by atoms with Crippen LogP contribution in [0.2, 0.25) is 0 Å². The number of nitrogens with zero attached hydrogens (tertiary/aromatic N) is 1. The summed E-state index contributed by atoms with van der Waals surface area (Å²) in [5, 5.41) is 0. The lowest BCUT2D eigenvalue weighted by molar-refractivity contribution is -0.148. The summed E-state index contributed by atoms with van der Waals surface area (Å²) >= 11 is 0. The van der Waals surface area contributed by atoms with Gasteiger partial charge in [0.2, 0.25) is 5.91 Å². The molecule has 2 nitrogen and oxygen atoms in total. The van der Waals surface area contributed by atoms with Crippen molar-refractivity contribution in [3.8, 4) is 0 Å². The predicted molar refractivity (Wildman–Crippen MR) is 63.1 cm³/mol. The molecule has 1 spiro atoms. The fraction of sp³-hybridized carbons (Fsp3) is 0.500. The summed E-state index contributed by atoms with van der Waals surface area (Å²) in [5.41, 5.74) is 1.95. The molecule has 1 aromatic rings. The van der Waals surface area contributed by atoms with Crippen LogP contribution in [0.25, 0.3) is 0 Å². The highest BCUT2D eigenvalue weighted by atomic mass is 16.2. The molecule has 1 aromatic carbocycles. The molecule has 16 heavy (non-hydrogen) atoms. The number of carbonyl (C=O) groups is 1. The van der Waals surface area contributed by atoms with E-state index in [-0.39, 0.29) is 5.91 Å². The molecule has 3 rings (SSSR count). The van der Waals surface area contributed by atoms with Crippen molar-refractivity contribution in [2.75, 3.05) is 13.1 Å². The summed E-state index contributed by atoms with van der Waals surface area (Å²) in [6.07, 6.45) is 2.53. The van der Waals surface area contributed by atoms with Crippen LogP contribution < -0.4 is 0 Å². The molecular formula is C14H17NO. The number of likely N-dealkylation sites (tertiary alicyclic amines) is 1. The third kappa shape index (κ3) is 1.44. The first-order valence-electron chi connectivity index (χ1n) is 5.99. The summed E-state index contributed by atoms with van der Waals surface area (Å²) in [6, 6.07) is 10.7. The minimum Gasteiger partial charge on any atom is -0.342 e. The first-order valence-corrected chi connectivity index (χ1v) is 5.99. The Kier molecular flexibility index (Phi) is 2.06. The van der Waals surface area contributed by atoms with Crippen LogP contribution in [-0.4, -0.2) is 23.9 Å². The van der Waals surface area contributed by atoms with Gasteiger partial charge < -0.3 is 4.90 Å². The minimum atomic E-state index is 0.230. The van der Waals surface area contributed by atoms with Gasteiger partial charge in [0, 0.05) is 25.4 Å². The van der Waals surface area contributed by atoms with Crippen molar-refractivity contribution < 1.29 is 4.79 Å². The Balaban J connectivity index is 1.59. The Morgan fingerprint density at radius 1 is 1.25 bits per heavy atom. The van der Waals surface area contributed by atoms with E-state index in [9.17, 15) is 4.79 Å². The van der Waals surface area contributed by atoms with Crippen LogP contribution in [-0.2, 0) is 4.79 Å². The van der Waals surface area contributed by atoms with E-state index in [1.807, 2.05) is 4.90 Å². The molecule has 1 heterocycles. The van der Waals surface area contributed by atoms with Crippen molar-refractivity contribution in [1.29, 1.82) is 0 Å². The Morgan fingerprint density at radius 2 is 1.88 bits per heavy atom. The molecule has 84 valence electrons. The van der Waals surface area contributed by atoms with Crippen molar-refractivity contribution in [3.63, 3.8) is 0 Å². The van der Waals surface area contributed by atoms with Crippen LogP contribution in [0, 0.1) is 5.41 Å². The summed E-state index contributed by atoms with van der Waals surface area (Å²) in [6.45, 7) is 3.65. The van der Waals surface area contributed by atoms with E-state index < -0.39 is 0 Å². The van der Waals surface area contributed by atoms with Gasteiger partial charge in [-0.3, -0.25) is 4.79 Å². The van der Waals surface area contributed by atoms with E-state index in [0.29, 0.717) is 5.41 Å². The zero-order valence-corrected chi connectivity index (χ0v) is 9.65. The van der Waals surface area contributed by atoms with Crippen LogP contribution in [0.15, 0.2) is 30.3 Å². The SMILES string of the molecule is CC(=O)N1CC2(CC(c3ccccc3)C2)C1. The second-order valence-electron chi connectivity index (χ2n) is 5.39. The lowest BCUT2D eigenvalue weighted by Gasteiger charge is -2.59. The number of carbonyl (C=O) groups excluding carboxylic acids is 1. The first kappa shape index (κ1) is 9.88. The molecular weight excluding hydrogens is 198 g/mol. The molecule has 1 saturated carbocycles. The molecule has 1 aliphatic heterocycles.